The van der Waals surface area contributed by atoms with E-state index in [2.05, 4.69) is 36.9 Å². The fraction of sp³-hybridized carbons (Fsp3) is 0. The molecule has 5 nitrogen and oxygen atoms in total. The third-order valence-corrected chi connectivity index (χ3v) is 2.77. The first-order valence-electron chi connectivity index (χ1n) is 3.38. The number of benzene rings is 1. The van der Waals surface area contributed by atoms with Crippen LogP contribution in [-0.2, 0) is 4.79 Å². The minimum absolute atomic E-state index is 0.0917. The van der Waals surface area contributed by atoms with Crippen molar-refractivity contribution in [2.45, 2.75) is 0 Å². The van der Waals surface area contributed by atoms with Gasteiger partial charge in [-0.3, -0.25) is 10.1 Å². The highest BCUT2D eigenvalue weighted by molar-refractivity contribution is 9.11. The average Bonchev–Trinajstić information content (AvgIpc) is 2.18. The molecule has 1 rings (SSSR count). The van der Waals surface area contributed by atoms with Gasteiger partial charge >= 0.3 is 0 Å². The van der Waals surface area contributed by atoms with E-state index in [1.54, 1.807) is 0 Å². The number of nitro groups is 1. The second-order valence-corrected chi connectivity index (χ2v) is 3.96. The Bertz CT molecular complexity index is 486. The SMILES string of the molecule is O=C=Nc1c([N+](=O)[O-])cc(Br)c(F)c1Br. The topological polar surface area (TPSA) is 72.6 Å². The van der Waals surface area contributed by atoms with E-state index in [4.69, 9.17) is 0 Å². The standard InChI is InChI=1S/C7HBr2FN2O3/c8-3-1-4(12(14)15)7(11-2-13)5(9)6(3)10/h1H. The van der Waals surface area contributed by atoms with Crippen LogP contribution in [0.3, 0.4) is 0 Å². The molecule has 0 aromatic heterocycles. The first-order valence-corrected chi connectivity index (χ1v) is 4.97. The number of carbonyl (C=O) groups excluding carboxylic acids is 1. The molecule has 0 saturated heterocycles. The van der Waals surface area contributed by atoms with Crippen LogP contribution in [-0.4, -0.2) is 11.0 Å². The molecule has 0 aliphatic carbocycles. The monoisotopic (exact) mass is 338 g/mol. The van der Waals surface area contributed by atoms with E-state index < -0.39 is 22.1 Å². The number of nitro benzene ring substituents is 1. The van der Waals surface area contributed by atoms with E-state index in [9.17, 15) is 19.3 Å². The summed E-state index contributed by atoms with van der Waals surface area (Å²) in [4.78, 5) is 22.9. The van der Waals surface area contributed by atoms with Crippen molar-refractivity contribution in [3.8, 4) is 0 Å². The summed E-state index contributed by atoms with van der Waals surface area (Å²) in [6, 6.07) is 0.927. The van der Waals surface area contributed by atoms with E-state index in [1.165, 1.54) is 0 Å². The summed E-state index contributed by atoms with van der Waals surface area (Å²) in [5, 5.41) is 10.6. The highest BCUT2D eigenvalue weighted by atomic mass is 79.9. The molecule has 0 spiro atoms. The summed E-state index contributed by atoms with van der Waals surface area (Å²) in [6.07, 6.45) is 1.13. The van der Waals surface area contributed by atoms with Crippen LogP contribution in [0.2, 0.25) is 0 Å². The van der Waals surface area contributed by atoms with E-state index in [0.717, 1.165) is 12.1 Å². The number of aliphatic imine (C=N–C) groups is 1. The zero-order chi connectivity index (χ0) is 11.6. The fourth-order valence-corrected chi connectivity index (χ4v) is 2.05. The van der Waals surface area contributed by atoms with Crippen LogP contribution >= 0.6 is 31.9 Å². The number of hydrogen-bond donors (Lipinski definition) is 0. The van der Waals surface area contributed by atoms with Crippen molar-refractivity contribution in [1.29, 1.82) is 0 Å². The number of isocyanates is 1. The van der Waals surface area contributed by atoms with Gasteiger partial charge in [-0.2, -0.15) is 4.99 Å². The van der Waals surface area contributed by atoms with Crippen LogP contribution in [0.5, 0.6) is 0 Å². The van der Waals surface area contributed by atoms with Gasteiger partial charge in [0.15, 0.2) is 11.5 Å². The Hall–Kier alpha value is -1.11. The van der Waals surface area contributed by atoms with Gasteiger partial charge in [0, 0.05) is 6.07 Å². The zero-order valence-corrected chi connectivity index (χ0v) is 10.0. The van der Waals surface area contributed by atoms with Crippen LogP contribution in [0.25, 0.3) is 0 Å². The molecule has 0 bridgehead atoms. The lowest BCUT2D eigenvalue weighted by atomic mass is 10.2. The molecule has 0 N–H and O–H groups in total. The molecule has 78 valence electrons. The lowest BCUT2D eigenvalue weighted by Crippen LogP contribution is -1.92. The molecular formula is C7HBr2FN2O3. The van der Waals surface area contributed by atoms with Crippen LogP contribution in [0, 0.1) is 15.9 Å². The lowest BCUT2D eigenvalue weighted by Gasteiger charge is -2.01. The first-order chi connectivity index (χ1) is 6.99. The fourth-order valence-electron chi connectivity index (χ4n) is 0.864. The van der Waals surface area contributed by atoms with Gasteiger partial charge in [-0.1, -0.05) is 0 Å². The molecule has 8 heteroatoms. The molecule has 0 aliphatic rings. The van der Waals surface area contributed by atoms with Crippen molar-refractivity contribution in [2.75, 3.05) is 0 Å². The van der Waals surface area contributed by atoms with Crippen LogP contribution < -0.4 is 0 Å². The summed E-state index contributed by atoms with van der Waals surface area (Å²) in [6.45, 7) is 0. The minimum Gasteiger partial charge on any atom is -0.258 e. The first kappa shape index (κ1) is 12.0. The predicted molar refractivity (Wildman–Crippen MR) is 56.2 cm³/mol. The summed E-state index contributed by atoms with van der Waals surface area (Å²) < 4.78 is 12.9. The molecular weight excluding hydrogens is 339 g/mol. The average molecular weight is 340 g/mol. The Labute approximate surface area is 99.4 Å². The van der Waals surface area contributed by atoms with Crippen molar-refractivity contribution in [2.24, 2.45) is 4.99 Å². The van der Waals surface area contributed by atoms with E-state index in [1.807, 2.05) is 0 Å². The summed E-state index contributed by atoms with van der Waals surface area (Å²) >= 11 is 5.57. The smallest absolute Gasteiger partial charge is 0.258 e. The van der Waals surface area contributed by atoms with Crippen LogP contribution in [0.4, 0.5) is 15.8 Å². The van der Waals surface area contributed by atoms with E-state index >= 15 is 0 Å². The van der Waals surface area contributed by atoms with Gasteiger partial charge in [0.05, 0.1) is 13.9 Å². The molecule has 15 heavy (non-hydrogen) atoms. The summed E-state index contributed by atoms with van der Waals surface area (Å²) in [7, 11) is 0. The molecule has 0 aliphatic heterocycles. The maximum Gasteiger partial charge on any atom is 0.298 e. The highest BCUT2D eigenvalue weighted by Crippen LogP contribution is 2.40. The van der Waals surface area contributed by atoms with Gasteiger partial charge in [-0.15, -0.1) is 0 Å². The van der Waals surface area contributed by atoms with Crippen molar-refractivity contribution < 1.29 is 14.1 Å². The third kappa shape index (κ3) is 2.28. The molecule has 0 heterocycles. The summed E-state index contributed by atoms with van der Waals surface area (Å²) in [5.41, 5.74) is -0.880. The normalized spacial score (nSPS) is 9.53. The molecule has 0 atom stereocenters. The highest BCUT2D eigenvalue weighted by Gasteiger charge is 2.22. The van der Waals surface area contributed by atoms with Gasteiger partial charge in [-0.25, -0.2) is 9.18 Å². The number of nitrogens with zero attached hydrogens (tertiary/aromatic N) is 2. The Morgan fingerprint density at radius 2 is 2.13 bits per heavy atom. The second kappa shape index (κ2) is 4.61. The quantitative estimate of drug-likeness (QED) is 0.273. The van der Waals surface area contributed by atoms with Gasteiger partial charge in [-0.05, 0) is 31.9 Å². The third-order valence-electron chi connectivity index (χ3n) is 1.47. The number of rotatable bonds is 2. The van der Waals surface area contributed by atoms with Crippen molar-refractivity contribution in [3.05, 3.63) is 30.9 Å². The lowest BCUT2D eigenvalue weighted by molar-refractivity contribution is -0.384. The molecule has 0 fully saturated rings. The van der Waals surface area contributed by atoms with E-state index in [0.29, 0.717) is 0 Å². The summed E-state index contributed by atoms with van der Waals surface area (Å²) in [5.74, 6) is -0.769. The Morgan fingerprint density at radius 1 is 1.53 bits per heavy atom. The molecule has 0 amide bonds. The Morgan fingerprint density at radius 3 is 2.60 bits per heavy atom. The molecule has 0 unspecified atom stereocenters. The molecule has 0 saturated carbocycles. The number of hydrogen-bond acceptors (Lipinski definition) is 4. The molecule has 0 radical (unpaired) electrons. The second-order valence-electron chi connectivity index (χ2n) is 2.31. The van der Waals surface area contributed by atoms with Crippen molar-refractivity contribution in [3.63, 3.8) is 0 Å². The predicted octanol–water partition coefficient (Wildman–Crippen LogP) is 3.23. The Kier molecular flexibility index (Phi) is 3.67. The molecule has 1 aromatic rings. The maximum atomic E-state index is 13.3. The van der Waals surface area contributed by atoms with E-state index in [-0.39, 0.29) is 8.95 Å². The van der Waals surface area contributed by atoms with Gasteiger partial charge in [0.25, 0.3) is 5.69 Å². The maximum absolute atomic E-state index is 13.3. The van der Waals surface area contributed by atoms with Crippen LogP contribution in [0.15, 0.2) is 20.0 Å². The minimum atomic E-state index is -0.773. The van der Waals surface area contributed by atoms with Gasteiger partial charge in [0.1, 0.15) is 0 Å². The van der Waals surface area contributed by atoms with Gasteiger partial charge in [0.2, 0.25) is 6.08 Å². The zero-order valence-electron chi connectivity index (χ0n) is 6.83. The van der Waals surface area contributed by atoms with Crippen LogP contribution in [0.1, 0.15) is 0 Å². The van der Waals surface area contributed by atoms with Crippen molar-refractivity contribution in [1.82, 2.24) is 0 Å². The van der Waals surface area contributed by atoms with Crippen molar-refractivity contribution >= 4 is 49.3 Å². The Balaban J connectivity index is 3.64. The molecule has 1 aromatic carbocycles. The number of halogens is 3. The largest absolute Gasteiger partial charge is 0.298 e. The van der Waals surface area contributed by atoms with Gasteiger partial charge < -0.3 is 0 Å².